The molecule has 2 amide bonds. The van der Waals surface area contributed by atoms with Crippen molar-refractivity contribution in [2.24, 2.45) is 0 Å². The van der Waals surface area contributed by atoms with E-state index in [0.29, 0.717) is 22.5 Å². The van der Waals surface area contributed by atoms with Crippen molar-refractivity contribution < 1.29 is 9.59 Å². The van der Waals surface area contributed by atoms with E-state index in [4.69, 9.17) is 5.73 Å². The van der Waals surface area contributed by atoms with Crippen molar-refractivity contribution in [3.63, 3.8) is 0 Å². The number of nitrogens with zero attached hydrogens (tertiary/aromatic N) is 1. The number of rotatable bonds is 1. The van der Waals surface area contributed by atoms with Crippen LogP contribution in [0.3, 0.4) is 0 Å². The van der Waals surface area contributed by atoms with Gasteiger partial charge in [0.25, 0.3) is 11.8 Å². The van der Waals surface area contributed by atoms with E-state index in [-0.39, 0.29) is 11.8 Å². The van der Waals surface area contributed by atoms with Gasteiger partial charge in [-0.05, 0) is 48.9 Å². The summed E-state index contributed by atoms with van der Waals surface area (Å²) in [7, 11) is 0. The third-order valence-electron chi connectivity index (χ3n) is 3.31. The number of halogens is 1. The molecule has 3 rings (SSSR count). The van der Waals surface area contributed by atoms with Crippen LogP contribution in [-0.2, 0) is 0 Å². The lowest BCUT2D eigenvalue weighted by atomic mass is 10.1. The first-order valence-electron chi connectivity index (χ1n) is 6.03. The molecule has 0 fully saturated rings. The molecule has 0 atom stereocenters. The Morgan fingerprint density at radius 1 is 1.00 bits per heavy atom. The van der Waals surface area contributed by atoms with E-state index in [0.717, 1.165) is 10.0 Å². The lowest BCUT2D eigenvalue weighted by Gasteiger charge is -2.16. The largest absolute Gasteiger partial charge is 0.399 e. The summed E-state index contributed by atoms with van der Waals surface area (Å²) in [5.74, 6) is -0.641. The molecular formula is C15H11BrN2O2. The van der Waals surface area contributed by atoms with E-state index in [9.17, 15) is 9.59 Å². The number of benzene rings is 2. The van der Waals surface area contributed by atoms with Gasteiger partial charge in [-0.2, -0.15) is 0 Å². The first-order chi connectivity index (χ1) is 9.49. The summed E-state index contributed by atoms with van der Waals surface area (Å²) >= 11 is 3.37. The first kappa shape index (κ1) is 12.9. The summed E-state index contributed by atoms with van der Waals surface area (Å²) in [6.07, 6.45) is 0. The number of fused-ring (bicyclic) bond motifs is 1. The average molecular weight is 331 g/mol. The Balaban J connectivity index is 2.14. The molecule has 0 radical (unpaired) electrons. The predicted molar refractivity (Wildman–Crippen MR) is 80.9 cm³/mol. The topological polar surface area (TPSA) is 63.4 Å². The molecule has 4 nitrogen and oxygen atoms in total. The monoisotopic (exact) mass is 330 g/mol. The summed E-state index contributed by atoms with van der Waals surface area (Å²) in [5.41, 5.74) is 8.35. The summed E-state index contributed by atoms with van der Waals surface area (Å²) in [6.45, 7) is 1.86. The van der Waals surface area contributed by atoms with Gasteiger partial charge in [-0.3, -0.25) is 9.59 Å². The number of carbonyl (C=O) groups is 2. The van der Waals surface area contributed by atoms with Gasteiger partial charge in [0.1, 0.15) is 0 Å². The fraction of sp³-hybridized carbons (Fsp3) is 0.0667. The highest BCUT2D eigenvalue weighted by atomic mass is 79.9. The van der Waals surface area contributed by atoms with Gasteiger partial charge in [-0.15, -0.1) is 0 Å². The zero-order chi connectivity index (χ0) is 14.4. The van der Waals surface area contributed by atoms with E-state index in [2.05, 4.69) is 15.9 Å². The van der Waals surface area contributed by atoms with Gasteiger partial charge in [-0.25, -0.2) is 4.90 Å². The number of imide groups is 1. The molecule has 100 valence electrons. The molecule has 1 aliphatic rings. The molecule has 1 heterocycles. The van der Waals surface area contributed by atoms with Crippen molar-refractivity contribution in [1.29, 1.82) is 0 Å². The second kappa shape index (κ2) is 4.45. The molecule has 0 spiro atoms. The minimum Gasteiger partial charge on any atom is -0.399 e. The molecule has 0 unspecified atom stereocenters. The molecule has 0 aliphatic carbocycles. The molecular weight excluding hydrogens is 320 g/mol. The number of nitrogen functional groups attached to an aromatic ring is 1. The van der Waals surface area contributed by atoms with Gasteiger partial charge in [0.2, 0.25) is 0 Å². The van der Waals surface area contributed by atoms with Gasteiger partial charge in [0.15, 0.2) is 0 Å². The van der Waals surface area contributed by atoms with E-state index < -0.39 is 0 Å². The minimum atomic E-state index is -0.331. The Hall–Kier alpha value is -2.14. The molecule has 0 saturated heterocycles. The maximum absolute atomic E-state index is 12.4. The fourth-order valence-electron chi connectivity index (χ4n) is 2.35. The molecule has 0 saturated carbocycles. The number of hydrogen-bond donors (Lipinski definition) is 1. The molecule has 20 heavy (non-hydrogen) atoms. The summed E-state index contributed by atoms with van der Waals surface area (Å²) < 4.78 is 0.902. The molecule has 2 N–H and O–H groups in total. The smallest absolute Gasteiger partial charge is 0.266 e. The molecule has 0 aromatic heterocycles. The van der Waals surface area contributed by atoms with Crippen LogP contribution >= 0.6 is 15.9 Å². The molecule has 5 heteroatoms. The molecule has 1 aliphatic heterocycles. The van der Waals surface area contributed by atoms with Gasteiger partial charge in [0.05, 0.1) is 16.8 Å². The van der Waals surface area contributed by atoms with Crippen molar-refractivity contribution >= 4 is 39.1 Å². The highest BCUT2D eigenvalue weighted by Gasteiger charge is 2.37. The standard InChI is InChI=1S/C15H11BrN2O2/c1-8-6-9(16)2-5-13(8)18-14(19)11-4-3-10(17)7-12(11)15(18)20/h2-7H,17H2,1H3. The lowest BCUT2D eigenvalue weighted by Crippen LogP contribution is -2.30. The van der Waals surface area contributed by atoms with Crippen molar-refractivity contribution in [2.75, 3.05) is 10.6 Å². The second-order valence-electron chi connectivity index (χ2n) is 4.68. The lowest BCUT2D eigenvalue weighted by molar-refractivity contribution is 0.0926. The van der Waals surface area contributed by atoms with Crippen molar-refractivity contribution in [2.45, 2.75) is 6.92 Å². The molecule has 2 aromatic rings. The zero-order valence-electron chi connectivity index (χ0n) is 10.7. The van der Waals surface area contributed by atoms with E-state index in [1.165, 1.54) is 4.90 Å². The number of aryl methyl sites for hydroxylation is 1. The van der Waals surface area contributed by atoms with Gasteiger partial charge in [0, 0.05) is 10.2 Å². The number of anilines is 2. The van der Waals surface area contributed by atoms with Crippen LogP contribution in [0.15, 0.2) is 40.9 Å². The van der Waals surface area contributed by atoms with Gasteiger partial charge >= 0.3 is 0 Å². The van der Waals surface area contributed by atoms with Crippen molar-refractivity contribution in [1.82, 2.24) is 0 Å². The zero-order valence-corrected chi connectivity index (χ0v) is 12.3. The number of carbonyl (C=O) groups excluding carboxylic acids is 2. The van der Waals surface area contributed by atoms with Crippen LogP contribution in [0, 0.1) is 6.92 Å². The predicted octanol–water partition coefficient (Wildman–Crippen LogP) is 3.14. The van der Waals surface area contributed by atoms with E-state index in [1.54, 1.807) is 30.3 Å². The quantitative estimate of drug-likeness (QED) is 0.645. The summed E-state index contributed by atoms with van der Waals surface area (Å²) in [4.78, 5) is 26.0. The molecule has 2 aromatic carbocycles. The number of hydrogen-bond acceptors (Lipinski definition) is 3. The van der Waals surface area contributed by atoms with Crippen LogP contribution in [0.1, 0.15) is 26.3 Å². The van der Waals surface area contributed by atoms with Crippen LogP contribution in [-0.4, -0.2) is 11.8 Å². The van der Waals surface area contributed by atoms with E-state index >= 15 is 0 Å². The van der Waals surface area contributed by atoms with Crippen LogP contribution < -0.4 is 10.6 Å². The second-order valence-corrected chi connectivity index (χ2v) is 5.60. The Bertz CT molecular complexity index is 756. The average Bonchev–Trinajstić information content (AvgIpc) is 2.63. The molecule has 0 bridgehead atoms. The van der Waals surface area contributed by atoms with Gasteiger partial charge < -0.3 is 5.73 Å². The highest BCUT2D eigenvalue weighted by Crippen LogP contribution is 2.32. The van der Waals surface area contributed by atoms with E-state index in [1.807, 2.05) is 13.0 Å². The summed E-state index contributed by atoms with van der Waals surface area (Å²) in [5, 5.41) is 0. The van der Waals surface area contributed by atoms with Crippen LogP contribution in [0.4, 0.5) is 11.4 Å². The Morgan fingerprint density at radius 2 is 1.70 bits per heavy atom. The Kier molecular flexibility index (Phi) is 2.87. The third kappa shape index (κ3) is 1.82. The maximum Gasteiger partial charge on any atom is 0.266 e. The summed E-state index contributed by atoms with van der Waals surface area (Å²) in [6, 6.07) is 10.2. The first-order valence-corrected chi connectivity index (χ1v) is 6.83. The number of nitrogens with two attached hydrogens (primary N) is 1. The SMILES string of the molecule is Cc1cc(Br)ccc1N1C(=O)c2ccc(N)cc2C1=O. The third-order valence-corrected chi connectivity index (χ3v) is 3.80. The highest BCUT2D eigenvalue weighted by molar-refractivity contribution is 9.10. The fourth-order valence-corrected chi connectivity index (χ4v) is 2.82. The van der Waals surface area contributed by atoms with Crippen LogP contribution in [0.25, 0.3) is 0 Å². The van der Waals surface area contributed by atoms with Crippen molar-refractivity contribution in [3.8, 4) is 0 Å². The van der Waals surface area contributed by atoms with Crippen LogP contribution in [0.5, 0.6) is 0 Å². The Labute approximate surface area is 124 Å². The van der Waals surface area contributed by atoms with Gasteiger partial charge in [-0.1, -0.05) is 15.9 Å². The Morgan fingerprint density at radius 3 is 2.40 bits per heavy atom. The number of amides is 2. The van der Waals surface area contributed by atoms with Crippen LogP contribution in [0.2, 0.25) is 0 Å². The minimum absolute atomic E-state index is 0.310. The maximum atomic E-state index is 12.4. The normalized spacial score (nSPS) is 13.8. The van der Waals surface area contributed by atoms with Crippen molar-refractivity contribution in [3.05, 3.63) is 57.6 Å².